The number of para-hydroxylation sites is 1. The molecular weight excluding hydrogens is 264 g/mol. The number of amidine groups is 1. The number of nitrogens with zero attached hydrogens (tertiary/aromatic N) is 2. The van der Waals surface area contributed by atoms with E-state index in [0.29, 0.717) is 12.6 Å². The Labute approximate surface area is 125 Å². The second kappa shape index (κ2) is 5.85. The monoisotopic (exact) mass is 286 g/mol. The zero-order valence-corrected chi connectivity index (χ0v) is 12.6. The number of aliphatic imine (C=N–C) groups is 1. The summed E-state index contributed by atoms with van der Waals surface area (Å²) in [6.07, 6.45) is 2.33. The first-order valence-corrected chi connectivity index (χ1v) is 7.55. The van der Waals surface area contributed by atoms with Gasteiger partial charge in [0.1, 0.15) is 11.9 Å². The Morgan fingerprint density at radius 2 is 2.29 bits per heavy atom. The van der Waals surface area contributed by atoms with Crippen molar-refractivity contribution in [2.75, 3.05) is 20.1 Å². The van der Waals surface area contributed by atoms with E-state index >= 15 is 0 Å². The van der Waals surface area contributed by atoms with E-state index in [2.05, 4.69) is 15.6 Å². The lowest BCUT2D eigenvalue weighted by Crippen LogP contribution is -2.45. The summed E-state index contributed by atoms with van der Waals surface area (Å²) in [6.45, 7) is 3.69. The van der Waals surface area contributed by atoms with Crippen molar-refractivity contribution in [2.24, 2.45) is 4.99 Å². The van der Waals surface area contributed by atoms with Gasteiger partial charge in [-0.3, -0.25) is 4.79 Å². The SMILES string of the molecule is CC1=Nc2ccccc2C(C(=O)NC[C@@H]2CCCN2)N1C. The predicted octanol–water partition coefficient (Wildman–Crippen LogP) is 1.59. The molecule has 2 atom stereocenters. The average molecular weight is 286 g/mol. The molecule has 2 aliphatic heterocycles. The minimum Gasteiger partial charge on any atom is -0.352 e. The molecule has 1 fully saturated rings. The van der Waals surface area contributed by atoms with E-state index in [9.17, 15) is 4.79 Å². The third-order valence-electron chi connectivity index (χ3n) is 4.34. The summed E-state index contributed by atoms with van der Waals surface area (Å²) >= 11 is 0. The number of rotatable bonds is 3. The fraction of sp³-hybridized carbons (Fsp3) is 0.500. The summed E-state index contributed by atoms with van der Waals surface area (Å²) < 4.78 is 0. The van der Waals surface area contributed by atoms with Gasteiger partial charge in [-0.05, 0) is 32.4 Å². The molecule has 3 rings (SSSR count). The van der Waals surface area contributed by atoms with E-state index in [1.165, 1.54) is 6.42 Å². The molecule has 0 spiro atoms. The summed E-state index contributed by atoms with van der Waals surface area (Å²) in [5.74, 6) is 0.917. The molecule has 2 heterocycles. The molecule has 1 saturated heterocycles. The Morgan fingerprint density at radius 3 is 3.05 bits per heavy atom. The number of hydrogen-bond donors (Lipinski definition) is 2. The summed E-state index contributed by atoms with van der Waals surface area (Å²) in [5.41, 5.74) is 1.87. The highest BCUT2D eigenvalue weighted by molar-refractivity contribution is 5.94. The van der Waals surface area contributed by atoms with Gasteiger partial charge in [-0.2, -0.15) is 0 Å². The van der Waals surface area contributed by atoms with E-state index in [0.717, 1.165) is 30.1 Å². The van der Waals surface area contributed by atoms with Crippen LogP contribution in [-0.4, -0.2) is 42.8 Å². The van der Waals surface area contributed by atoms with Gasteiger partial charge in [-0.1, -0.05) is 18.2 Å². The van der Waals surface area contributed by atoms with E-state index in [-0.39, 0.29) is 11.9 Å². The van der Waals surface area contributed by atoms with Crippen LogP contribution in [0.15, 0.2) is 29.3 Å². The van der Waals surface area contributed by atoms with Gasteiger partial charge < -0.3 is 15.5 Å². The lowest BCUT2D eigenvalue weighted by atomic mass is 10.0. The molecule has 1 amide bonds. The van der Waals surface area contributed by atoms with Crippen LogP contribution >= 0.6 is 0 Å². The van der Waals surface area contributed by atoms with Crippen LogP contribution in [0.3, 0.4) is 0 Å². The first-order chi connectivity index (χ1) is 10.2. The van der Waals surface area contributed by atoms with Crippen LogP contribution in [0.5, 0.6) is 0 Å². The van der Waals surface area contributed by atoms with Crippen molar-refractivity contribution in [2.45, 2.75) is 31.8 Å². The maximum Gasteiger partial charge on any atom is 0.247 e. The Morgan fingerprint density at radius 1 is 1.48 bits per heavy atom. The second-order valence-corrected chi connectivity index (χ2v) is 5.77. The Bertz CT molecular complexity index is 563. The molecule has 2 N–H and O–H groups in total. The molecule has 2 aliphatic rings. The number of benzene rings is 1. The van der Waals surface area contributed by atoms with Crippen LogP contribution in [0.1, 0.15) is 31.4 Å². The summed E-state index contributed by atoms with van der Waals surface area (Å²) in [7, 11) is 1.92. The van der Waals surface area contributed by atoms with Crippen molar-refractivity contribution < 1.29 is 4.79 Å². The molecule has 112 valence electrons. The fourth-order valence-electron chi connectivity index (χ4n) is 3.04. The number of nitrogens with one attached hydrogen (secondary N) is 2. The number of carbonyl (C=O) groups is 1. The summed E-state index contributed by atoms with van der Waals surface area (Å²) in [4.78, 5) is 19.1. The minimum absolute atomic E-state index is 0.0490. The van der Waals surface area contributed by atoms with Gasteiger partial charge in [0.15, 0.2) is 0 Å². The Kier molecular flexibility index (Phi) is 3.92. The molecule has 0 radical (unpaired) electrons. The van der Waals surface area contributed by atoms with Gasteiger partial charge >= 0.3 is 0 Å². The number of hydrogen-bond acceptors (Lipinski definition) is 4. The van der Waals surface area contributed by atoms with E-state index < -0.39 is 0 Å². The molecule has 21 heavy (non-hydrogen) atoms. The first kappa shape index (κ1) is 14.1. The van der Waals surface area contributed by atoms with Crippen molar-refractivity contribution in [1.82, 2.24) is 15.5 Å². The molecule has 1 unspecified atom stereocenters. The van der Waals surface area contributed by atoms with Gasteiger partial charge in [0, 0.05) is 25.2 Å². The van der Waals surface area contributed by atoms with Gasteiger partial charge in [-0.25, -0.2) is 4.99 Å². The largest absolute Gasteiger partial charge is 0.352 e. The minimum atomic E-state index is -0.292. The molecule has 1 aromatic rings. The Hall–Kier alpha value is -1.88. The molecule has 0 aromatic heterocycles. The van der Waals surface area contributed by atoms with Crippen molar-refractivity contribution in [3.05, 3.63) is 29.8 Å². The fourth-order valence-corrected chi connectivity index (χ4v) is 3.04. The highest BCUT2D eigenvalue weighted by Gasteiger charge is 2.31. The van der Waals surface area contributed by atoms with Gasteiger partial charge in [0.2, 0.25) is 5.91 Å². The smallest absolute Gasteiger partial charge is 0.247 e. The molecule has 1 aromatic carbocycles. The third kappa shape index (κ3) is 2.78. The standard InChI is InChI=1S/C16H22N4O/c1-11-19-14-8-4-3-7-13(14)15(20(11)2)16(21)18-10-12-6-5-9-17-12/h3-4,7-8,12,15,17H,5-6,9-10H2,1-2H3,(H,18,21)/t12-,15?/m0/s1. The lowest BCUT2D eigenvalue weighted by Gasteiger charge is -2.33. The van der Waals surface area contributed by atoms with Crippen molar-refractivity contribution >= 4 is 17.4 Å². The van der Waals surface area contributed by atoms with Crippen LogP contribution < -0.4 is 10.6 Å². The molecule has 0 aliphatic carbocycles. The van der Waals surface area contributed by atoms with Crippen molar-refractivity contribution in [3.63, 3.8) is 0 Å². The number of carbonyl (C=O) groups excluding carboxylic acids is 1. The molecule has 0 bridgehead atoms. The quantitative estimate of drug-likeness (QED) is 0.887. The Balaban J connectivity index is 1.76. The molecule has 0 saturated carbocycles. The maximum atomic E-state index is 12.6. The van der Waals surface area contributed by atoms with E-state index in [1.807, 2.05) is 43.1 Å². The van der Waals surface area contributed by atoms with Gasteiger partial charge in [0.05, 0.1) is 5.69 Å². The first-order valence-electron chi connectivity index (χ1n) is 7.55. The summed E-state index contributed by atoms with van der Waals surface area (Å²) in [5, 5.41) is 6.49. The molecule has 5 heteroatoms. The van der Waals surface area contributed by atoms with Gasteiger partial charge in [0.25, 0.3) is 0 Å². The highest BCUT2D eigenvalue weighted by Crippen LogP contribution is 2.33. The van der Waals surface area contributed by atoms with Crippen molar-refractivity contribution in [1.29, 1.82) is 0 Å². The average Bonchev–Trinajstić information content (AvgIpc) is 2.99. The lowest BCUT2D eigenvalue weighted by molar-refractivity contribution is -0.125. The maximum absolute atomic E-state index is 12.6. The summed E-state index contributed by atoms with van der Waals surface area (Å²) in [6, 6.07) is 7.98. The van der Waals surface area contributed by atoms with E-state index in [4.69, 9.17) is 0 Å². The van der Waals surface area contributed by atoms with Crippen molar-refractivity contribution in [3.8, 4) is 0 Å². The normalized spacial score (nSPS) is 24.5. The highest BCUT2D eigenvalue weighted by atomic mass is 16.2. The van der Waals surface area contributed by atoms with Crippen LogP contribution in [0.2, 0.25) is 0 Å². The van der Waals surface area contributed by atoms with Gasteiger partial charge in [-0.15, -0.1) is 0 Å². The number of fused-ring (bicyclic) bond motifs is 1. The van der Waals surface area contributed by atoms with Crippen LogP contribution in [0.25, 0.3) is 0 Å². The van der Waals surface area contributed by atoms with Crippen LogP contribution in [-0.2, 0) is 4.79 Å². The molecular formula is C16H22N4O. The zero-order chi connectivity index (χ0) is 14.8. The third-order valence-corrected chi connectivity index (χ3v) is 4.34. The predicted molar refractivity (Wildman–Crippen MR) is 83.7 cm³/mol. The van der Waals surface area contributed by atoms with Crippen LogP contribution in [0, 0.1) is 0 Å². The van der Waals surface area contributed by atoms with Crippen LogP contribution in [0.4, 0.5) is 5.69 Å². The molecule has 5 nitrogen and oxygen atoms in total. The number of likely N-dealkylation sites (N-methyl/N-ethyl adjacent to an activating group) is 1. The zero-order valence-electron chi connectivity index (χ0n) is 12.6. The number of amides is 1. The van der Waals surface area contributed by atoms with E-state index in [1.54, 1.807) is 0 Å². The topological polar surface area (TPSA) is 56.7 Å². The second-order valence-electron chi connectivity index (χ2n) is 5.77.